The van der Waals surface area contributed by atoms with E-state index in [2.05, 4.69) is 35.5 Å². The Morgan fingerprint density at radius 3 is 2.69 bits per heavy atom. The molecule has 0 aliphatic carbocycles. The summed E-state index contributed by atoms with van der Waals surface area (Å²) in [7, 11) is 0. The highest BCUT2D eigenvalue weighted by Gasteiger charge is 2.32. The number of hydrogen-bond acceptors (Lipinski definition) is 3. The van der Waals surface area contributed by atoms with Crippen molar-refractivity contribution in [1.29, 1.82) is 0 Å². The number of nitrogens with zero attached hydrogens (tertiary/aromatic N) is 3. The molecule has 90 valence electrons. The van der Waals surface area contributed by atoms with E-state index < -0.39 is 0 Å². The van der Waals surface area contributed by atoms with E-state index in [1.807, 2.05) is 0 Å². The van der Waals surface area contributed by atoms with E-state index in [9.17, 15) is 0 Å². The van der Waals surface area contributed by atoms with Gasteiger partial charge >= 0.3 is 0 Å². The van der Waals surface area contributed by atoms with Gasteiger partial charge in [-0.25, -0.2) is 0 Å². The summed E-state index contributed by atoms with van der Waals surface area (Å²) in [6.45, 7) is 7.54. The van der Waals surface area contributed by atoms with Crippen LogP contribution in [-0.2, 0) is 18.5 Å². The van der Waals surface area contributed by atoms with Crippen molar-refractivity contribution in [3.8, 4) is 0 Å². The van der Waals surface area contributed by atoms with Crippen molar-refractivity contribution in [3.05, 3.63) is 11.6 Å². The van der Waals surface area contributed by atoms with Crippen LogP contribution in [0.25, 0.3) is 0 Å². The Morgan fingerprint density at radius 2 is 2.06 bits per heavy atom. The fourth-order valence-corrected chi connectivity index (χ4v) is 2.42. The minimum atomic E-state index is -0.300. The maximum absolute atomic E-state index is 6.40. The number of fused-ring (bicyclic) bond motifs is 1. The molecular weight excluding hydrogens is 200 g/mol. The van der Waals surface area contributed by atoms with Crippen molar-refractivity contribution < 1.29 is 0 Å². The van der Waals surface area contributed by atoms with E-state index in [-0.39, 0.29) is 5.54 Å². The lowest BCUT2D eigenvalue weighted by Gasteiger charge is -2.28. The molecule has 0 radical (unpaired) electrons. The summed E-state index contributed by atoms with van der Waals surface area (Å²) in [6.07, 6.45) is 4.08. The second kappa shape index (κ2) is 4.17. The third-order valence-corrected chi connectivity index (χ3v) is 3.91. The Bertz CT molecular complexity index is 365. The SMILES string of the molecule is CCC(N)(CC)c1nnc2n1CCC(C)C2. The molecule has 0 spiro atoms. The monoisotopic (exact) mass is 222 g/mol. The third-order valence-electron chi connectivity index (χ3n) is 3.91. The van der Waals surface area contributed by atoms with Gasteiger partial charge in [-0.3, -0.25) is 0 Å². The fraction of sp³-hybridized carbons (Fsp3) is 0.833. The van der Waals surface area contributed by atoms with Gasteiger partial charge in [-0.1, -0.05) is 20.8 Å². The Morgan fingerprint density at radius 1 is 1.38 bits per heavy atom. The van der Waals surface area contributed by atoms with Crippen LogP contribution in [0.2, 0.25) is 0 Å². The van der Waals surface area contributed by atoms with Gasteiger partial charge in [-0.2, -0.15) is 0 Å². The molecule has 0 saturated heterocycles. The molecule has 0 aromatic carbocycles. The quantitative estimate of drug-likeness (QED) is 0.849. The lowest BCUT2D eigenvalue weighted by atomic mass is 9.92. The summed E-state index contributed by atoms with van der Waals surface area (Å²) < 4.78 is 2.24. The molecule has 16 heavy (non-hydrogen) atoms. The topological polar surface area (TPSA) is 56.7 Å². The molecule has 1 aromatic rings. The van der Waals surface area contributed by atoms with Crippen molar-refractivity contribution >= 4 is 0 Å². The van der Waals surface area contributed by atoms with Gasteiger partial charge in [0.25, 0.3) is 0 Å². The van der Waals surface area contributed by atoms with Crippen LogP contribution < -0.4 is 5.73 Å². The van der Waals surface area contributed by atoms with Crippen molar-refractivity contribution in [2.45, 2.75) is 58.5 Å². The standard InChI is InChI=1S/C12H22N4/c1-4-12(13,5-2)11-15-14-10-8-9(3)6-7-16(10)11/h9H,4-8,13H2,1-3H3. The van der Waals surface area contributed by atoms with Crippen LogP contribution in [-0.4, -0.2) is 14.8 Å². The van der Waals surface area contributed by atoms with E-state index in [4.69, 9.17) is 5.73 Å². The molecule has 0 bridgehead atoms. The normalized spacial score (nSPS) is 20.9. The van der Waals surface area contributed by atoms with Gasteiger partial charge in [0, 0.05) is 13.0 Å². The molecule has 0 amide bonds. The molecule has 1 aliphatic rings. The summed E-state index contributed by atoms with van der Waals surface area (Å²) in [6, 6.07) is 0. The van der Waals surface area contributed by atoms with Gasteiger partial charge in [-0.05, 0) is 25.2 Å². The second-order valence-corrected chi connectivity index (χ2v) is 5.05. The van der Waals surface area contributed by atoms with Crippen molar-refractivity contribution in [1.82, 2.24) is 14.8 Å². The average Bonchev–Trinajstić information content (AvgIpc) is 2.71. The maximum atomic E-state index is 6.40. The zero-order valence-corrected chi connectivity index (χ0v) is 10.5. The summed E-state index contributed by atoms with van der Waals surface area (Å²) in [5.41, 5.74) is 6.10. The second-order valence-electron chi connectivity index (χ2n) is 5.05. The fourth-order valence-electron chi connectivity index (χ4n) is 2.42. The molecule has 1 unspecified atom stereocenters. The molecule has 1 atom stereocenters. The maximum Gasteiger partial charge on any atom is 0.153 e. The number of aromatic nitrogens is 3. The van der Waals surface area contributed by atoms with E-state index >= 15 is 0 Å². The Hall–Kier alpha value is -0.900. The Labute approximate surface area is 97.2 Å². The minimum Gasteiger partial charge on any atom is -0.319 e. The summed E-state index contributed by atoms with van der Waals surface area (Å²) in [5.74, 6) is 2.82. The number of rotatable bonds is 3. The number of nitrogens with two attached hydrogens (primary N) is 1. The first-order valence-electron chi connectivity index (χ1n) is 6.32. The van der Waals surface area contributed by atoms with E-state index in [1.165, 1.54) is 6.42 Å². The zero-order chi connectivity index (χ0) is 11.8. The first kappa shape index (κ1) is 11.6. The van der Waals surface area contributed by atoms with Crippen LogP contribution >= 0.6 is 0 Å². The van der Waals surface area contributed by atoms with Crippen LogP contribution in [0.3, 0.4) is 0 Å². The average molecular weight is 222 g/mol. The molecule has 2 rings (SSSR count). The van der Waals surface area contributed by atoms with Gasteiger partial charge in [-0.15, -0.1) is 10.2 Å². The zero-order valence-electron chi connectivity index (χ0n) is 10.5. The Kier molecular flexibility index (Phi) is 3.02. The van der Waals surface area contributed by atoms with Gasteiger partial charge in [0.2, 0.25) is 0 Å². The Balaban J connectivity index is 2.37. The van der Waals surface area contributed by atoms with Crippen molar-refractivity contribution in [2.24, 2.45) is 11.7 Å². The first-order chi connectivity index (χ1) is 7.60. The van der Waals surface area contributed by atoms with Crippen molar-refractivity contribution in [3.63, 3.8) is 0 Å². The molecule has 0 saturated carbocycles. The molecule has 4 nitrogen and oxygen atoms in total. The summed E-state index contributed by atoms with van der Waals surface area (Å²) in [4.78, 5) is 0. The lowest BCUT2D eigenvalue weighted by Crippen LogP contribution is -2.39. The number of hydrogen-bond donors (Lipinski definition) is 1. The minimum absolute atomic E-state index is 0.300. The highest BCUT2D eigenvalue weighted by Crippen LogP contribution is 2.28. The third kappa shape index (κ3) is 1.75. The molecule has 0 fully saturated rings. The van der Waals surface area contributed by atoms with E-state index in [0.29, 0.717) is 0 Å². The van der Waals surface area contributed by atoms with Crippen LogP contribution in [0, 0.1) is 5.92 Å². The van der Waals surface area contributed by atoms with Gasteiger partial charge in [0.15, 0.2) is 5.82 Å². The predicted molar refractivity (Wildman–Crippen MR) is 64.0 cm³/mol. The van der Waals surface area contributed by atoms with Crippen LogP contribution in [0.5, 0.6) is 0 Å². The smallest absolute Gasteiger partial charge is 0.153 e. The van der Waals surface area contributed by atoms with Crippen LogP contribution in [0.15, 0.2) is 0 Å². The highest BCUT2D eigenvalue weighted by molar-refractivity contribution is 5.10. The predicted octanol–water partition coefficient (Wildman–Crippen LogP) is 1.83. The molecule has 2 N–H and O–H groups in total. The highest BCUT2D eigenvalue weighted by atomic mass is 15.3. The molecule has 1 aliphatic heterocycles. The van der Waals surface area contributed by atoms with Crippen LogP contribution in [0.1, 0.15) is 51.7 Å². The van der Waals surface area contributed by atoms with Gasteiger partial charge in [0.1, 0.15) is 5.82 Å². The largest absolute Gasteiger partial charge is 0.319 e. The molecule has 2 heterocycles. The lowest BCUT2D eigenvalue weighted by molar-refractivity contribution is 0.339. The van der Waals surface area contributed by atoms with Crippen LogP contribution in [0.4, 0.5) is 0 Å². The molecule has 4 heteroatoms. The molecule has 1 aromatic heterocycles. The molecular formula is C12H22N4. The van der Waals surface area contributed by atoms with Crippen molar-refractivity contribution in [2.75, 3.05) is 0 Å². The van der Waals surface area contributed by atoms with E-state index in [0.717, 1.165) is 43.4 Å². The first-order valence-corrected chi connectivity index (χ1v) is 6.32. The van der Waals surface area contributed by atoms with E-state index in [1.54, 1.807) is 0 Å². The summed E-state index contributed by atoms with van der Waals surface area (Å²) >= 11 is 0. The van der Waals surface area contributed by atoms with Gasteiger partial charge < -0.3 is 10.3 Å². The van der Waals surface area contributed by atoms with Gasteiger partial charge in [0.05, 0.1) is 5.54 Å². The summed E-state index contributed by atoms with van der Waals surface area (Å²) in [5, 5.41) is 8.64.